The van der Waals surface area contributed by atoms with Crippen molar-refractivity contribution in [1.29, 1.82) is 0 Å². The van der Waals surface area contributed by atoms with Crippen LogP contribution in [0, 0.1) is 10.1 Å². The molecule has 126 valence electrons. The summed E-state index contributed by atoms with van der Waals surface area (Å²) in [6, 6.07) is 10.3. The van der Waals surface area contributed by atoms with Gasteiger partial charge in [-0.15, -0.1) is 0 Å². The van der Waals surface area contributed by atoms with Crippen molar-refractivity contribution >= 4 is 17.4 Å². The van der Waals surface area contributed by atoms with Gasteiger partial charge in [0.05, 0.1) is 17.1 Å². The van der Waals surface area contributed by atoms with Crippen molar-refractivity contribution < 1.29 is 19.9 Å². The zero-order valence-electron chi connectivity index (χ0n) is 12.8. The Kier molecular flexibility index (Phi) is 5.33. The second kappa shape index (κ2) is 7.42. The van der Waals surface area contributed by atoms with Gasteiger partial charge >= 0.3 is 6.03 Å². The van der Waals surface area contributed by atoms with E-state index in [1.165, 1.54) is 36.4 Å². The van der Waals surface area contributed by atoms with Crippen LogP contribution in [0.5, 0.6) is 5.75 Å². The molecular weight excluding hydrogens is 314 g/mol. The van der Waals surface area contributed by atoms with Crippen LogP contribution in [0.4, 0.5) is 16.2 Å². The zero-order chi connectivity index (χ0) is 17.7. The van der Waals surface area contributed by atoms with Crippen molar-refractivity contribution in [1.82, 2.24) is 5.32 Å². The molecule has 0 unspecified atom stereocenters. The predicted octanol–water partition coefficient (Wildman–Crippen LogP) is 2.54. The van der Waals surface area contributed by atoms with E-state index in [2.05, 4.69) is 10.6 Å². The number of nitro benzene ring substituents is 1. The summed E-state index contributed by atoms with van der Waals surface area (Å²) in [6.45, 7) is 1.62. The number of carbonyl (C=O) groups excluding carboxylic acids is 1. The van der Waals surface area contributed by atoms with Gasteiger partial charge in [-0.25, -0.2) is 4.79 Å². The first-order valence-corrected chi connectivity index (χ1v) is 7.16. The SMILES string of the molecule is C[C@H](NC(=O)Nc1cccc([N+](=O)[O-])c1)[C@@H](O)c1ccc(O)cc1. The van der Waals surface area contributed by atoms with E-state index in [0.29, 0.717) is 5.56 Å². The van der Waals surface area contributed by atoms with E-state index in [1.807, 2.05) is 0 Å². The van der Waals surface area contributed by atoms with Crippen molar-refractivity contribution in [3.05, 3.63) is 64.2 Å². The Morgan fingerprint density at radius 1 is 1.21 bits per heavy atom. The number of nitrogens with zero attached hydrogens (tertiary/aromatic N) is 1. The van der Waals surface area contributed by atoms with Crippen LogP contribution in [0.1, 0.15) is 18.6 Å². The van der Waals surface area contributed by atoms with Gasteiger partial charge in [-0.3, -0.25) is 10.1 Å². The number of anilines is 1. The van der Waals surface area contributed by atoms with Crippen molar-refractivity contribution in [2.45, 2.75) is 19.1 Å². The van der Waals surface area contributed by atoms with Gasteiger partial charge in [0.1, 0.15) is 5.75 Å². The van der Waals surface area contributed by atoms with E-state index >= 15 is 0 Å². The summed E-state index contributed by atoms with van der Waals surface area (Å²) in [5.74, 6) is 0.0787. The standard InChI is InChI=1S/C16H17N3O5/c1-10(15(21)11-5-7-14(20)8-6-11)17-16(22)18-12-3-2-4-13(9-12)19(23)24/h2-10,15,20-21H,1H3,(H2,17,18,22)/t10-,15+/m0/s1. The van der Waals surface area contributed by atoms with Gasteiger partial charge < -0.3 is 20.8 Å². The molecule has 4 N–H and O–H groups in total. The van der Waals surface area contributed by atoms with E-state index in [0.717, 1.165) is 0 Å². The van der Waals surface area contributed by atoms with Gasteiger partial charge in [0.15, 0.2) is 0 Å². The number of non-ortho nitro benzene ring substituents is 1. The summed E-state index contributed by atoms with van der Waals surface area (Å²) in [5, 5.41) is 35.2. The molecule has 2 rings (SSSR count). The minimum atomic E-state index is -0.971. The first kappa shape index (κ1) is 17.2. The second-order valence-electron chi connectivity index (χ2n) is 5.23. The molecule has 24 heavy (non-hydrogen) atoms. The summed E-state index contributed by atoms with van der Waals surface area (Å²) < 4.78 is 0. The number of aliphatic hydroxyl groups is 1. The third kappa shape index (κ3) is 4.43. The fraction of sp³-hybridized carbons (Fsp3) is 0.188. The fourth-order valence-electron chi connectivity index (χ4n) is 2.11. The van der Waals surface area contributed by atoms with E-state index in [4.69, 9.17) is 0 Å². The Bertz CT molecular complexity index is 733. The van der Waals surface area contributed by atoms with Gasteiger partial charge in [-0.05, 0) is 30.7 Å². The number of hydrogen-bond acceptors (Lipinski definition) is 5. The number of phenolic OH excluding ortho intramolecular Hbond substituents is 1. The number of nitro groups is 1. The van der Waals surface area contributed by atoms with Crippen LogP contribution >= 0.6 is 0 Å². The van der Waals surface area contributed by atoms with Gasteiger partial charge in [-0.2, -0.15) is 0 Å². The highest BCUT2D eigenvalue weighted by atomic mass is 16.6. The maximum atomic E-state index is 12.0. The van der Waals surface area contributed by atoms with E-state index < -0.39 is 23.1 Å². The van der Waals surface area contributed by atoms with Gasteiger partial charge in [0.2, 0.25) is 0 Å². The lowest BCUT2D eigenvalue weighted by molar-refractivity contribution is -0.384. The van der Waals surface area contributed by atoms with Crippen LogP contribution in [-0.4, -0.2) is 27.2 Å². The summed E-state index contributed by atoms with van der Waals surface area (Å²) in [7, 11) is 0. The first-order chi connectivity index (χ1) is 11.4. The molecule has 0 saturated carbocycles. The number of hydrogen-bond donors (Lipinski definition) is 4. The van der Waals surface area contributed by atoms with Gasteiger partial charge in [0, 0.05) is 17.8 Å². The lowest BCUT2D eigenvalue weighted by atomic mass is 10.0. The number of aliphatic hydroxyl groups excluding tert-OH is 1. The minimum absolute atomic E-state index is 0.0787. The van der Waals surface area contributed by atoms with Crippen LogP contribution in [0.3, 0.4) is 0 Å². The van der Waals surface area contributed by atoms with Crippen LogP contribution in [-0.2, 0) is 0 Å². The third-order valence-corrected chi connectivity index (χ3v) is 3.38. The Morgan fingerprint density at radius 2 is 1.88 bits per heavy atom. The molecule has 8 heteroatoms. The Morgan fingerprint density at radius 3 is 2.50 bits per heavy atom. The quantitative estimate of drug-likeness (QED) is 0.495. The van der Waals surface area contributed by atoms with E-state index in [1.54, 1.807) is 19.1 Å². The summed E-state index contributed by atoms with van der Waals surface area (Å²) in [5.41, 5.74) is 0.675. The van der Waals surface area contributed by atoms with Crippen molar-refractivity contribution in [3.63, 3.8) is 0 Å². The largest absolute Gasteiger partial charge is 0.508 e. The molecule has 2 aromatic carbocycles. The minimum Gasteiger partial charge on any atom is -0.508 e. The number of benzene rings is 2. The van der Waals surface area contributed by atoms with Gasteiger partial charge in [0.25, 0.3) is 5.69 Å². The predicted molar refractivity (Wildman–Crippen MR) is 87.8 cm³/mol. The van der Waals surface area contributed by atoms with Crippen LogP contribution in [0.2, 0.25) is 0 Å². The number of amides is 2. The molecule has 0 aromatic heterocycles. The average Bonchev–Trinajstić information content (AvgIpc) is 2.55. The highest BCUT2D eigenvalue weighted by Gasteiger charge is 2.18. The van der Waals surface area contributed by atoms with Crippen molar-refractivity contribution in [2.75, 3.05) is 5.32 Å². The molecule has 0 heterocycles. The Hall–Kier alpha value is -3.13. The van der Waals surface area contributed by atoms with E-state index in [9.17, 15) is 25.1 Å². The van der Waals surface area contributed by atoms with Crippen molar-refractivity contribution in [3.8, 4) is 5.75 Å². The summed E-state index contributed by atoms with van der Waals surface area (Å²) in [4.78, 5) is 22.1. The monoisotopic (exact) mass is 331 g/mol. The zero-order valence-corrected chi connectivity index (χ0v) is 12.8. The van der Waals surface area contributed by atoms with Gasteiger partial charge in [-0.1, -0.05) is 18.2 Å². The average molecular weight is 331 g/mol. The molecule has 0 fully saturated rings. The van der Waals surface area contributed by atoms with Crippen molar-refractivity contribution in [2.24, 2.45) is 0 Å². The molecule has 8 nitrogen and oxygen atoms in total. The number of urea groups is 1. The van der Waals surface area contributed by atoms with Crippen LogP contribution < -0.4 is 10.6 Å². The number of nitrogens with one attached hydrogen (secondary N) is 2. The van der Waals surface area contributed by atoms with Crippen LogP contribution in [0.25, 0.3) is 0 Å². The summed E-state index contributed by atoms with van der Waals surface area (Å²) in [6.07, 6.45) is -0.971. The Balaban J connectivity index is 1.97. The molecule has 2 atom stereocenters. The molecule has 0 bridgehead atoms. The lowest BCUT2D eigenvalue weighted by Gasteiger charge is -2.21. The molecule has 0 aliphatic carbocycles. The molecule has 0 spiro atoms. The van der Waals surface area contributed by atoms with Crippen LogP contribution in [0.15, 0.2) is 48.5 Å². The number of rotatable bonds is 5. The fourth-order valence-corrected chi connectivity index (χ4v) is 2.11. The number of aromatic hydroxyl groups is 1. The smallest absolute Gasteiger partial charge is 0.319 e. The topological polar surface area (TPSA) is 125 Å². The molecule has 0 saturated heterocycles. The molecule has 0 aliphatic heterocycles. The first-order valence-electron chi connectivity index (χ1n) is 7.16. The maximum Gasteiger partial charge on any atom is 0.319 e. The summed E-state index contributed by atoms with van der Waals surface area (Å²) >= 11 is 0. The molecular formula is C16H17N3O5. The Labute approximate surface area is 137 Å². The molecule has 0 radical (unpaired) electrons. The third-order valence-electron chi connectivity index (χ3n) is 3.38. The number of phenols is 1. The lowest BCUT2D eigenvalue weighted by Crippen LogP contribution is -2.39. The molecule has 2 aromatic rings. The molecule has 0 aliphatic rings. The highest BCUT2D eigenvalue weighted by molar-refractivity contribution is 5.89. The number of carbonyl (C=O) groups is 1. The molecule has 2 amide bonds. The van der Waals surface area contributed by atoms with E-state index in [-0.39, 0.29) is 17.1 Å². The normalized spacial score (nSPS) is 12.9. The highest BCUT2D eigenvalue weighted by Crippen LogP contribution is 2.20. The maximum absolute atomic E-state index is 12.0. The second-order valence-corrected chi connectivity index (χ2v) is 5.23.